The van der Waals surface area contributed by atoms with Gasteiger partial charge in [0.05, 0.1) is 18.8 Å². The molecule has 3 heterocycles. The fourth-order valence-electron chi connectivity index (χ4n) is 5.65. The second kappa shape index (κ2) is 8.15. The Bertz CT molecular complexity index is 746. The van der Waals surface area contributed by atoms with Crippen molar-refractivity contribution in [3.63, 3.8) is 0 Å². The van der Waals surface area contributed by atoms with Gasteiger partial charge in [0.1, 0.15) is 11.4 Å². The van der Waals surface area contributed by atoms with Crippen molar-refractivity contribution in [3.05, 3.63) is 29.8 Å². The van der Waals surface area contributed by atoms with Gasteiger partial charge in [0.2, 0.25) is 0 Å². The Labute approximate surface area is 174 Å². The molecule has 1 spiro atoms. The molecule has 2 N–H and O–H groups in total. The first kappa shape index (κ1) is 19.2. The maximum Gasteiger partial charge on any atom is 0.191 e. The van der Waals surface area contributed by atoms with Gasteiger partial charge in [0.15, 0.2) is 5.96 Å². The lowest BCUT2D eigenvalue weighted by Gasteiger charge is -2.40. The summed E-state index contributed by atoms with van der Waals surface area (Å²) in [5.74, 6) is 1.89. The van der Waals surface area contributed by atoms with Crippen LogP contribution >= 0.6 is 0 Å². The summed E-state index contributed by atoms with van der Waals surface area (Å²) in [6, 6.07) is 9.33. The van der Waals surface area contributed by atoms with Crippen molar-refractivity contribution in [2.45, 2.75) is 68.7 Å². The third-order valence-corrected chi connectivity index (χ3v) is 7.21. The Kier molecular flexibility index (Phi) is 5.39. The normalized spacial score (nSPS) is 31.2. The van der Waals surface area contributed by atoms with Crippen LogP contribution in [0.4, 0.5) is 0 Å². The minimum atomic E-state index is -0.0118. The molecule has 3 unspecified atom stereocenters. The molecule has 0 amide bonds. The smallest absolute Gasteiger partial charge is 0.191 e. The predicted octanol–water partition coefficient (Wildman–Crippen LogP) is 2.85. The van der Waals surface area contributed by atoms with Crippen molar-refractivity contribution in [3.8, 4) is 5.75 Å². The maximum atomic E-state index is 6.50. The molecule has 5 rings (SSSR count). The summed E-state index contributed by atoms with van der Waals surface area (Å²) in [5.41, 5.74) is 1.23. The second-order valence-corrected chi connectivity index (χ2v) is 9.13. The number of rotatable bonds is 3. The van der Waals surface area contributed by atoms with Gasteiger partial charge < -0.3 is 20.1 Å². The van der Waals surface area contributed by atoms with E-state index in [0.29, 0.717) is 6.04 Å². The molecule has 2 saturated heterocycles. The van der Waals surface area contributed by atoms with Gasteiger partial charge in [0.25, 0.3) is 0 Å². The van der Waals surface area contributed by atoms with E-state index >= 15 is 0 Å². The Morgan fingerprint density at radius 2 is 2.10 bits per heavy atom. The standard InChI is InChI=1S/C23H34N4O2/c1-24-22(25-14-18-15-27-12-6-7-17(27)16-28-18)26-20-13-23(10-4-5-11-23)29-21-9-3-2-8-19(20)21/h2-3,8-9,17-18,20H,4-7,10-16H2,1H3,(H2,24,25,26). The van der Waals surface area contributed by atoms with Crippen LogP contribution in [0.25, 0.3) is 0 Å². The summed E-state index contributed by atoms with van der Waals surface area (Å²) in [4.78, 5) is 7.09. The van der Waals surface area contributed by atoms with Gasteiger partial charge in [-0.3, -0.25) is 9.89 Å². The summed E-state index contributed by atoms with van der Waals surface area (Å²) >= 11 is 0. The van der Waals surface area contributed by atoms with Crippen LogP contribution in [-0.2, 0) is 4.74 Å². The highest BCUT2D eigenvalue weighted by molar-refractivity contribution is 5.80. The van der Waals surface area contributed by atoms with Crippen molar-refractivity contribution in [1.82, 2.24) is 15.5 Å². The molecular weight excluding hydrogens is 364 g/mol. The van der Waals surface area contributed by atoms with Crippen LogP contribution in [0.1, 0.15) is 56.6 Å². The maximum absolute atomic E-state index is 6.50. The lowest BCUT2D eigenvalue weighted by atomic mass is 9.86. The lowest BCUT2D eigenvalue weighted by molar-refractivity contribution is -0.0453. The van der Waals surface area contributed by atoms with Crippen molar-refractivity contribution in [1.29, 1.82) is 0 Å². The van der Waals surface area contributed by atoms with Gasteiger partial charge in [-0.15, -0.1) is 0 Å². The average molecular weight is 399 g/mol. The van der Waals surface area contributed by atoms with E-state index in [2.05, 4.69) is 44.8 Å². The summed E-state index contributed by atoms with van der Waals surface area (Å²) in [5, 5.41) is 7.21. The van der Waals surface area contributed by atoms with E-state index in [9.17, 15) is 0 Å². The largest absolute Gasteiger partial charge is 0.487 e. The Morgan fingerprint density at radius 3 is 2.97 bits per heavy atom. The molecule has 1 aliphatic carbocycles. The van der Waals surface area contributed by atoms with E-state index in [1.165, 1.54) is 37.8 Å². The third kappa shape index (κ3) is 3.97. The molecule has 6 nitrogen and oxygen atoms in total. The topological polar surface area (TPSA) is 58.1 Å². The van der Waals surface area contributed by atoms with Gasteiger partial charge in [0, 0.05) is 38.2 Å². The van der Waals surface area contributed by atoms with Crippen molar-refractivity contribution < 1.29 is 9.47 Å². The first-order valence-corrected chi connectivity index (χ1v) is 11.4. The Morgan fingerprint density at radius 1 is 1.24 bits per heavy atom. The van der Waals surface area contributed by atoms with Crippen LogP contribution in [0.3, 0.4) is 0 Å². The van der Waals surface area contributed by atoms with Crippen LogP contribution in [0.5, 0.6) is 5.75 Å². The molecule has 3 atom stereocenters. The number of para-hydroxylation sites is 1. The Hall–Kier alpha value is -1.79. The van der Waals surface area contributed by atoms with Crippen LogP contribution in [0.15, 0.2) is 29.3 Å². The minimum Gasteiger partial charge on any atom is -0.487 e. The summed E-state index contributed by atoms with van der Waals surface area (Å²) in [7, 11) is 1.85. The number of hydrogen-bond donors (Lipinski definition) is 2. The van der Waals surface area contributed by atoms with Crippen LogP contribution in [0, 0.1) is 0 Å². The number of nitrogens with zero attached hydrogens (tertiary/aromatic N) is 2. The number of aliphatic imine (C=N–C) groups is 1. The van der Waals surface area contributed by atoms with Gasteiger partial charge in [-0.2, -0.15) is 0 Å². The zero-order valence-corrected chi connectivity index (χ0v) is 17.5. The first-order chi connectivity index (χ1) is 14.2. The molecule has 0 bridgehead atoms. The zero-order valence-electron chi connectivity index (χ0n) is 17.5. The summed E-state index contributed by atoms with van der Waals surface area (Å²) in [6.07, 6.45) is 8.65. The molecule has 1 aromatic rings. The fourth-order valence-corrected chi connectivity index (χ4v) is 5.65. The number of ether oxygens (including phenoxy) is 2. The van der Waals surface area contributed by atoms with Crippen LogP contribution in [0.2, 0.25) is 0 Å². The number of benzene rings is 1. The molecule has 0 aromatic heterocycles. The van der Waals surface area contributed by atoms with E-state index in [1.807, 2.05) is 7.05 Å². The SMILES string of the molecule is CN=C(NCC1CN2CCCC2CO1)NC1CC2(CCCC2)Oc2ccccc21. The predicted molar refractivity (Wildman–Crippen MR) is 114 cm³/mol. The van der Waals surface area contributed by atoms with Gasteiger partial charge in [-0.1, -0.05) is 18.2 Å². The molecular formula is C23H34N4O2. The van der Waals surface area contributed by atoms with Crippen molar-refractivity contribution in [2.75, 3.05) is 33.3 Å². The second-order valence-electron chi connectivity index (χ2n) is 9.13. The third-order valence-electron chi connectivity index (χ3n) is 7.21. The van der Waals surface area contributed by atoms with Crippen LogP contribution < -0.4 is 15.4 Å². The number of guanidine groups is 1. The molecule has 1 saturated carbocycles. The molecule has 1 aromatic carbocycles. The van der Waals surface area contributed by atoms with Gasteiger partial charge >= 0.3 is 0 Å². The zero-order chi connectivity index (χ0) is 19.7. The fraction of sp³-hybridized carbons (Fsp3) is 0.696. The number of morpholine rings is 1. The van der Waals surface area contributed by atoms with Crippen LogP contribution in [-0.4, -0.2) is 61.9 Å². The molecule has 6 heteroatoms. The molecule has 3 aliphatic heterocycles. The highest BCUT2D eigenvalue weighted by atomic mass is 16.5. The summed E-state index contributed by atoms with van der Waals surface area (Å²) in [6.45, 7) is 3.91. The Balaban J connectivity index is 1.23. The van der Waals surface area contributed by atoms with E-state index in [0.717, 1.165) is 50.7 Å². The number of fused-ring (bicyclic) bond motifs is 2. The van der Waals surface area contributed by atoms with E-state index in [4.69, 9.17) is 9.47 Å². The molecule has 29 heavy (non-hydrogen) atoms. The monoisotopic (exact) mass is 398 g/mol. The number of hydrogen-bond acceptors (Lipinski definition) is 4. The lowest BCUT2D eigenvalue weighted by Crippen LogP contribution is -2.52. The highest BCUT2D eigenvalue weighted by Crippen LogP contribution is 2.46. The minimum absolute atomic E-state index is 0.0118. The van der Waals surface area contributed by atoms with Crippen molar-refractivity contribution >= 4 is 5.96 Å². The summed E-state index contributed by atoms with van der Waals surface area (Å²) < 4.78 is 12.6. The average Bonchev–Trinajstić information content (AvgIpc) is 3.40. The quantitative estimate of drug-likeness (QED) is 0.606. The highest BCUT2D eigenvalue weighted by Gasteiger charge is 2.43. The molecule has 3 fully saturated rings. The molecule has 158 valence electrons. The van der Waals surface area contributed by atoms with Gasteiger partial charge in [-0.25, -0.2) is 0 Å². The van der Waals surface area contributed by atoms with E-state index < -0.39 is 0 Å². The first-order valence-electron chi connectivity index (χ1n) is 11.4. The van der Waals surface area contributed by atoms with E-state index in [1.54, 1.807) is 0 Å². The van der Waals surface area contributed by atoms with Gasteiger partial charge in [-0.05, 0) is 51.1 Å². The molecule has 4 aliphatic rings. The van der Waals surface area contributed by atoms with E-state index in [-0.39, 0.29) is 17.7 Å². The molecule has 0 radical (unpaired) electrons. The van der Waals surface area contributed by atoms with Crippen molar-refractivity contribution in [2.24, 2.45) is 4.99 Å². The number of nitrogens with one attached hydrogen (secondary N) is 2.